The lowest BCUT2D eigenvalue weighted by molar-refractivity contribution is 0.420. The largest absolute Gasteiger partial charge is 0.312 e. The van der Waals surface area contributed by atoms with Gasteiger partial charge in [-0.05, 0) is 48.4 Å². The summed E-state index contributed by atoms with van der Waals surface area (Å²) in [7, 11) is 0. The van der Waals surface area contributed by atoms with Crippen molar-refractivity contribution in [3.8, 4) is 6.07 Å². The van der Waals surface area contributed by atoms with E-state index >= 15 is 0 Å². The molecule has 1 aliphatic rings. The second kappa shape index (κ2) is 5.49. The monoisotopic (exact) mass is 246 g/mol. The van der Waals surface area contributed by atoms with Crippen molar-refractivity contribution >= 4 is 0 Å². The molecule has 1 aromatic rings. The van der Waals surface area contributed by atoms with Gasteiger partial charge in [0.15, 0.2) is 0 Å². The summed E-state index contributed by atoms with van der Waals surface area (Å²) < 4.78 is 13.2. The molecule has 96 valence electrons. The van der Waals surface area contributed by atoms with E-state index in [0.717, 1.165) is 12.1 Å². The first-order valence-corrected chi connectivity index (χ1v) is 6.58. The first kappa shape index (κ1) is 13.0. The maximum Gasteiger partial charge on any atom is 0.124 e. The van der Waals surface area contributed by atoms with Gasteiger partial charge in [0, 0.05) is 13.1 Å². The number of nitrogens with one attached hydrogen (secondary N) is 1. The number of nitriles is 1. The second-order valence-corrected chi connectivity index (χ2v) is 5.31. The minimum Gasteiger partial charge on any atom is -0.312 e. The average molecular weight is 246 g/mol. The Kier molecular flexibility index (Phi) is 3.98. The molecule has 3 heteroatoms. The molecule has 1 N–H and O–H groups in total. The van der Waals surface area contributed by atoms with E-state index in [0.29, 0.717) is 17.5 Å². The summed E-state index contributed by atoms with van der Waals surface area (Å²) in [5.41, 5.74) is 1.74. The lowest BCUT2D eigenvalue weighted by Crippen LogP contribution is -2.23. The van der Waals surface area contributed by atoms with Crippen molar-refractivity contribution in [2.75, 3.05) is 6.54 Å². The van der Waals surface area contributed by atoms with Gasteiger partial charge in [0.2, 0.25) is 0 Å². The highest BCUT2D eigenvalue weighted by atomic mass is 19.1. The predicted octanol–water partition coefficient (Wildman–Crippen LogP) is 3.37. The fourth-order valence-corrected chi connectivity index (χ4v) is 2.51. The summed E-state index contributed by atoms with van der Waals surface area (Å²) in [5.74, 6) is -0.333. The zero-order valence-electron chi connectivity index (χ0n) is 10.8. The van der Waals surface area contributed by atoms with Crippen LogP contribution in [0.2, 0.25) is 0 Å². The normalized spacial score (nSPS) is 16.3. The third-order valence-electron chi connectivity index (χ3n) is 3.65. The first-order chi connectivity index (χ1) is 8.67. The van der Waals surface area contributed by atoms with Crippen molar-refractivity contribution in [3.05, 3.63) is 35.1 Å². The molecule has 0 heterocycles. The van der Waals surface area contributed by atoms with Crippen LogP contribution in [0.5, 0.6) is 0 Å². The highest BCUT2D eigenvalue weighted by molar-refractivity contribution is 5.33. The fourth-order valence-electron chi connectivity index (χ4n) is 2.51. The highest BCUT2D eigenvalue weighted by Crippen LogP contribution is 2.48. The van der Waals surface area contributed by atoms with Crippen LogP contribution in [0, 0.1) is 22.6 Å². The molecule has 1 aromatic carbocycles. The molecule has 0 saturated heterocycles. The van der Waals surface area contributed by atoms with Gasteiger partial charge in [-0.25, -0.2) is 4.39 Å². The van der Waals surface area contributed by atoms with E-state index in [-0.39, 0.29) is 5.82 Å². The first-order valence-electron chi connectivity index (χ1n) is 6.58. The molecular formula is C15H19FN2. The number of nitrogens with zero attached hydrogens (tertiary/aromatic N) is 1. The van der Waals surface area contributed by atoms with Gasteiger partial charge in [-0.1, -0.05) is 13.3 Å². The minimum absolute atomic E-state index is 0.333. The molecule has 0 unspecified atom stereocenters. The molecule has 1 fully saturated rings. The van der Waals surface area contributed by atoms with Crippen LogP contribution >= 0.6 is 0 Å². The quantitative estimate of drug-likeness (QED) is 0.835. The SMILES string of the molecule is CCCC1(CNCc2cc(F)cc(C#N)c2)CC1. The number of hydrogen-bond donors (Lipinski definition) is 1. The lowest BCUT2D eigenvalue weighted by atomic mass is 10.0. The number of halogens is 1. The summed E-state index contributed by atoms with van der Waals surface area (Å²) in [6.07, 6.45) is 5.10. The van der Waals surface area contributed by atoms with Crippen molar-refractivity contribution in [2.24, 2.45) is 5.41 Å². The van der Waals surface area contributed by atoms with Crippen LogP contribution in [-0.2, 0) is 6.54 Å². The zero-order chi connectivity index (χ0) is 13.0. The standard InChI is InChI=1S/C15H19FN2/c1-2-3-15(4-5-15)11-18-10-13-6-12(9-17)7-14(16)8-13/h6-8,18H,2-5,10-11H2,1H3. The Morgan fingerprint density at radius 1 is 1.39 bits per heavy atom. The van der Waals surface area contributed by atoms with Crippen LogP contribution in [0.25, 0.3) is 0 Å². The zero-order valence-corrected chi connectivity index (χ0v) is 10.8. The van der Waals surface area contributed by atoms with Gasteiger partial charge < -0.3 is 5.32 Å². The minimum atomic E-state index is -0.333. The smallest absolute Gasteiger partial charge is 0.124 e. The molecule has 0 aliphatic heterocycles. The average Bonchev–Trinajstić information content (AvgIpc) is 3.09. The summed E-state index contributed by atoms with van der Waals surface area (Å²) >= 11 is 0. The van der Waals surface area contributed by atoms with Gasteiger partial charge in [0.05, 0.1) is 11.6 Å². The molecule has 0 radical (unpaired) electrons. The maximum atomic E-state index is 13.2. The molecule has 18 heavy (non-hydrogen) atoms. The molecule has 0 amide bonds. The van der Waals surface area contributed by atoms with Gasteiger partial charge in [-0.15, -0.1) is 0 Å². The molecule has 2 nitrogen and oxygen atoms in total. The molecule has 1 saturated carbocycles. The van der Waals surface area contributed by atoms with Crippen LogP contribution in [0.1, 0.15) is 43.7 Å². The molecule has 0 bridgehead atoms. The Morgan fingerprint density at radius 2 is 2.17 bits per heavy atom. The van der Waals surface area contributed by atoms with Crippen LogP contribution < -0.4 is 5.32 Å². The predicted molar refractivity (Wildman–Crippen MR) is 69.4 cm³/mol. The molecule has 0 atom stereocenters. The molecule has 0 spiro atoms. The number of hydrogen-bond acceptors (Lipinski definition) is 2. The lowest BCUT2D eigenvalue weighted by Gasteiger charge is -2.15. The second-order valence-electron chi connectivity index (χ2n) is 5.31. The molecular weight excluding hydrogens is 227 g/mol. The van der Waals surface area contributed by atoms with E-state index in [9.17, 15) is 4.39 Å². The van der Waals surface area contributed by atoms with E-state index in [4.69, 9.17) is 5.26 Å². The van der Waals surface area contributed by atoms with Gasteiger partial charge in [0.1, 0.15) is 5.82 Å². The van der Waals surface area contributed by atoms with Crippen LogP contribution in [0.3, 0.4) is 0 Å². The van der Waals surface area contributed by atoms with E-state index in [1.807, 2.05) is 6.07 Å². The van der Waals surface area contributed by atoms with Crippen molar-refractivity contribution < 1.29 is 4.39 Å². The third-order valence-corrected chi connectivity index (χ3v) is 3.65. The summed E-state index contributed by atoms with van der Waals surface area (Å²) in [4.78, 5) is 0. The number of benzene rings is 1. The van der Waals surface area contributed by atoms with Crippen molar-refractivity contribution in [3.63, 3.8) is 0 Å². The van der Waals surface area contributed by atoms with Crippen LogP contribution in [0.4, 0.5) is 4.39 Å². The van der Waals surface area contributed by atoms with Crippen LogP contribution in [0.15, 0.2) is 18.2 Å². The molecule has 2 rings (SSSR count). The molecule has 1 aliphatic carbocycles. The topological polar surface area (TPSA) is 35.8 Å². The maximum absolute atomic E-state index is 13.2. The highest BCUT2D eigenvalue weighted by Gasteiger charge is 2.40. The van der Waals surface area contributed by atoms with Gasteiger partial charge in [-0.2, -0.15) is 5.26 Å². The van der Waals surface area contributed by atoms with E-state index in [1.165, 1.54) is 37.8 Å². The van der Waals surface area contributed by atoms with Crippen LogP contribution in [-0.4, -0.2) is 6.54 Å². The van der Waals surface area contributed by atoms with E-state index in [2.05, 4.69) is 12.2 Å². The fraction of sp³-hybridized carbons (Fsp3) is 0.533. The Morgan fingerprint density at radius 3 is 2.78 bits per heavy atom. The van der Waals surface area contributed by atoms with Gasteiger partial charge in [0.25, 0.3) is 0 Å². The van der Waals surface area contributed by atoms with Crippen molar-refractivity contribution in [1.29, 1.82) is 5.26 Å². The Labute approximate surface area is 108 Å². The van der Waals surface area contributed by atoms with Gasteiger partial charge in [-0.3, -0.25) is 0 Å². The summed E-state index contributed by atoms with van der Waals surface area (Å²) in [6, 6.07) is 6.49. The third kappa shape index (κ3) is 3.30. The molecule has 0 aromatic heterocycles. The van der Waals surface area contributed by atoms with E-state index in [1.54, 1.807) is 6.07 Å². The summed E-state index contributed by atoms with van der Waals surface area (Å²) in [6.45, 7) is 3.85. The Hall–Kier alpha value is -1.40. The van der Waals surface area contributed by atoms with Crippen molar-refractivity contribution in [2.45, 2.75) is 39.2 Å². The van der Waals surface area contributed by atoms with E-state index < -0.39 is 0 Å². The number of rotatable bonds is 6. The van der Waals surface area contributed by atoms with Crippen molar-refractivity contribution in [1.82, 2.24) is 5.32 Å². The van der Waals surface area contributed by atoms with Gasteiger partial charge >= 0.3 is 0 Å². The Balaban J connectivity index is 1.87. The summed E-state index contributed by atoms with van der Waals surface area (Å²) in [5, 5.41) is 12.2. The Bertz CT molecular complexity index is 458.